The van der Waals surface area contributed by atoms with Crippen LogP contribution in [0.2, 0.25) is 0 Å². The van der Waals surface area contributed by atoms with Crippen LogP contribution in [0, 0.1) is 22.0 Å². The van der Waals surface area contributed by atoms with Crippen molar-refractivity contribution in [1.82, 2.24) is 0 Å². The van der Waals surface area contributed by atoms with E-state index in [0.29, 0.717) is 18.8 Å². The first kappa shape index (κ1) is 12.3. The van der Waals surface area contributed by atoms with Gasteiger partial charge in [0.05, 0.1) is 10.8 Å². The summed E-state index contributed by atoms with van der Waals surface area (Å²) in [5.74, 6) is -1.18. The van der Waals surface area contributed by atoms with Crippen molar-refractivity contribution < 1.29 is 14.8 Å². The van der Waals surface area contributed by atoms with Crippen LogP contribution >= 0.6 is 0 Å². The van der Waals surface area contributed by atoms with E-state index in [1.54, 1.807) is 12.1 Å². The van der Waals surface area contributed by atoms with Crippen molar-refractivity contribution in [1.29, 1.82) is 0 Å². The second-order valence-electron chi connectivity index (χ2n) is 4.60. The van der Waals surface area contributed by atoms with E-state index in [1.807, 2.05) is 11.8 Å². The maximum Gasteiger partial charge on any atom is 0.308 e. The normalized spacial score (nSPS) is 23.1. The summed E-state index contributed by atoms with van der Waals surface area (Å²) >= 11 is 0. The zero-order valence-corrected chi connectivity index (χ0v) is 9.94. The number of hydrogen-bond acceptors (Lipinski definition) is 4. The highest BCUT2D eigenvalue weighted by Crippen LogP contribution is 2.30. The van der Waals surface area contributed by atoms with Crippen LogP contribution in [0.4, 0.5) is 11.4 Å². The van der Waals surface area contributed by atoms with Crippen LogP contribution < -0.4 is 4.90 Å². The molecule has 0 bridgehead atoms. The van der Waals surface area contributed by atoms with E-state index in [4.69, 9.17) is 5.11 Å². The molecule has 1 aliphatic rings. The van der Waals surface area contributed by atoms with E-state index in [0.717, 1.165) is 0 Å². The van der Waals surface area contributed by atoms with Gasteiger partial charge in [-0.05, 0) is 12.0 Å². The van der Waals surface area contributed by atoms with Gasteiger partial charge in [0.15, 0.2) is 0 Å². The minimum atomic E-state index is -0.810. The summed E-state index contributed by atoms with van der Waals surface area (Å²) in [6.45, 7) is 2.89. The average Bonchev–Trinajstić information content (AvgIpc) is 2.71. The molecule has 1 fully saturated rings. The molecule has 1 N–H and O–H groups in total. The SMILES string of the molecule is C[C@@H]1CN(c2cccc([N+](=O)[O-])c2)C[C@H]1C(=O)O. The van der Waals surface area contributed by atoms with Crippen LogP contribution in [-0.2, 0) is 4.79 Å². The molecular weight excluding hydrogens is 236 g/mol. The van der Waals surface area contributed by atoms with Crippen molar-refractivity contribution in [3.63, 3.8) is 0 Å². The van der Waals surface area contributed by atoms with Crippen molar-refractivity contribution in [3.05, 3.63) is 34.4 Å². The number of carboxylic acids is 1. The Morgan fingerprint density at radius 3 is 2.78 bits per heavy atom. The molecule has 1 aromatic rings. The molecule has 1 aromatic carbocycles. The Balaban J connectivity index is 2.21. The predicted molar refractivity (Wildman–Crippen MR) is 65.6 cm³/mol. The number of anilines is 1. The van der Waals surface area contributed by atoms with Crippen molar-refractivity contribution in [3.8, 4) is 0 Å². The van der Waals surface area contributed by atoms with Gasteiger partial charge in [0.2, 0.25) is 0 Å². The quantitative estimate of drug-likeness (QED) is 0.652. The number of carboxylic acid groups (broad SMARTS) is 1. The molecule has 0 saturated carbocycles. The topological polar surface area (TPSA) is 83.7 Å². The van der Waals surface area contributed by atoms with Crippen LogP contribution in [0.3, 0.4) is 0 Å². The fraction of sp³-hybridized carbons (Fsp3) is 0.417. The Morgan fingerprint density at radius 2 is 2.22 bits per heavy atom. The first-order chi connectivity index (χ1) is 8.49. The lowest BCUT2D eigenvalue weighted by atomic mass is 9.99. The zero-order valence-electron chi connectivity index (χ0n) is 9.94. The van der Waals surface area contributed by atoms with Crippen LogP contribution in [0.15, 0.2) is 24.3 Å². The van der Waals surface area contributed by atoms with Gasteiger partial charge in [-0.2, -0.15) is 0 Å². The first-order valence-corrected chi connectivity index (χ1v) is 5.71. The van der Waals surface area contributed by atoms with E-state index < -0.39 is 16.8 Å². The van der Waals surface area contributed by atoms with Crippen LogP contribution in [0.5, 0.6) is 0 Å². The Morgan fingerprint density at radius 1 is 1.50 bits per heavy atom. The Labute approximate surface area is 104 Å². The summed E-state index contributed by atoms with van der Waals surface area (Å²) in [7, 11) is 0. The van der Waals surface area contributed by atoms with E-state index in [2.05, 4.69) is 0 Å². The number of nitro benzene ring substituents is 1. The molecule has 0 unspecified atom stereocenters. The van der Waals surface area contributed by atoms with E-state index in [-0.39, 0.29) is 11.6 Å². The fourth-order valence-corrected chi connectivity index (χ4v) is 2.30. The number of benzene rings is 1. The number of nitro groups is 1. The second-order valence-corrected chi connectivity index (χ2v) is 4.60. The molecule has 1 aliphatic heterocycles. The highest BCUT2D eigenvalue weighted by Gasteiger charge is 2.35. The maximum atomic E-state index is 11.0. The molecule has 0 aromatic heterocycles. The van der Waals surface area contributed by atoms with Gasteiger partial charge in [-0.25, -0.2) is 0 Å². The largest absolute Gasteiger partial charge is 0.481 e. The molecule has 6 heteroatoms. The molecule has 1 heterocycles. The predicted octanol–water partition coefficient (Wildman–Crippen LogP) is 1.75. The summed E-state index contributed by atoms with van der Waals surface area (Å²) in [4.78, 5) is 23.2. The van der Waals surface area contributed by atoms with Gasteiger partial charge in [0, 0.05) is 30.9 Å². The smallest absolute Gasteiger partial charge is 0.308 e. The monoisotopic (exact) mass is 250 g/mol. The molecule has 1 saturated heterocycles. The highest BCUT2D eigenvalue weighted by atomic mass is 16.6. The van der Waals surface area contributed by atoms with Crippen LogP contribution in [0.25, 0.3) is 0 Å². The summed E-state index contributed by atoms with van der Waals surface area (Å²) < 4.78 is 0. The maximum absolute atomic E-state index is 11.0. The van der Waals surface area contributed by atoms with E-state index >= 15 is 0 Å². The first-order valence-electron chi connectivity index (χ1n) is 5.71. The lowest BCUT2D eigenvalue weighted by Crippen LogP contribution is -2.23. The third-order valence-corrected chi connectivity index (χ3v) is 3.34. The van der Waals surface area contributed by atoms with Gasteiger partial charge in [0.25, 0.3) is 5.69 Å². The molecule has 0 aliphatic carbocycles. The minimum Gasteiger partial charge on any atom is -0.481 e. The lowest BCUT2D eigenvalue weighted by Gasteiger charge is -2.17. The molecule has 6 nitrogen and oxygen atoms in total. The molecule has 0 amide bonds. The number of nitrogens with zero attached hydrogens (tertiary/aromatic N) is 2. The summed E-state index contributed by atoms with van der Waals surface area (Å²) in [5, 5.41) is 19.8. The van der Waals surface area contributed by atoms with Gasteiger partial charge < -0.3 is 10.0 Å². The second kappa shape index (κ2) is 4.64. The van der Waals surface area contributed by atoms with Crippen molar-refractivity contribution in [2.75, 3.05) is 18.0 Å². The summed E-state index contributed by atoms with van der Waals surface area (Å²) in [6.07, 6.45) is 0. The zero-order chi connectivity index (χ0) is 13.3. The van der Waals surface area contributed by atoms with Gasteiger partial charge in [-0.15, -0.1) is 0 Å². The van der Waals surface area contributed by atoms with E-state index in [1.165, 1.54) is 12.1 Å². The number of hydrogen-bond donors (Lipinski definition) is 1. The van der Waals surface area contributed by atoms with Gasteiger partial charge >= 0.3 is 5.97 Å². The van der Waals surface area contributed by atoms with Crippen LogP contribution in [0.1, 0.15) is 6.92 Å². The third-order valence-electron chi connectivity index (χ3n) is 3.34. The molecule has 2 rings (SSSR count). The van der Waals surface area contributed by atoms with Gasteiger partial charge in [-0.1, -0.05) is 13.0 Å². The van der Waals surface area contributed by atoms with Gasteiger partial charge in [0.1, 0.15) is 0 Å². The van der Waals surface area contributed by atoms with Crippen LogP contribution in [-0.4, -0.2) is 29.1 Å². The minimum absolute atomic E-state index is 0.0268. The van der Waals surface area contributed by atoms with Crippen molar-refractivity contribution in [2.45, 2.75) is 6.92 Å². The molecule has 0 radical (unpaired) electrons. The molecular formula is C12H14N2O4. The molecule has 2 atom stereocenters. The number of rotatable bonds is 3. The number of non-ortho nitro benzene ring substituents is 1. The third kappa shape index (κ3) is 2.27. The Kier molecular flexibility index (Phi) is 3.18. The molecule has 18 heavy (non-hydrogen) atoms. The standard InChI is InChI=1S/C12H14N2O4/c1-8-6-13(7-11(8)12(15)16)9-3-2-4-10(5-9)14(17)18/h2-5,8,11H,6-7H2,1H3,(H,15,16)/t8-,11-/m1/s1. The number of aliphatic carboxylic acids is 1. The fourth-order valence-electron chi connectivity index (χ4n) is 2.30. The van der Waals surface area contributed by atoms with Crippen molar-refractivity contribution in [2.24, 2.45) is 11.8 Å². The summed E-state index contributed by atoms with van der Waals surface area (Å²) in [5.41, 5.74) is 0.735. The highest BCUT2D eigenvalue weighted by molar-refractivity contribution is 5.72. The molecule has 96 valence electrons. The number of carbonyl (C=O) groups is 1. The molecule has 0 spiro atoms. The Bertz CT molecular complexity index is 489. The van der Waals surface area contributed by atoms with Gasteiger partial charge in [-0.3, -0.25) is 14.9 Å². The Hall–Kier alpha value is -2.11. The van der Waals surface area contributed by atoms with Crippen molar-refractivity contribution >= 4 is 17.3 Å². The lowest BCUT2D eigenvalue weighted by molar-refractivity contribution is -0.384. The summed E-state index contributed by atoms with van der Waals surface area (Å²) in [6, 6.07) is 6.30. The van der Waals surface area contributed by atoms with E-state index in [9.17, 15) is 14.9 Å². The average molecular weight is 250 g/mol.